The molecule has 0 aliphatic heterocycles. The van der Waals surface area contributed by atoms with Gasteiger partial charge < -0.3 is 0 Å². The lowest BCUT2D eigenvalue weighted by Gasteiger charge is -2.15. The summed E-state index contributed by atoms with van der Waals surface area (Å²) in [7, 11) is 0. The van der Waals surface area contributed by atoms with Crippen LogP contribution in [0.5, 0.6) is 0 Å². The van der Waals surface area contributed by atoms with Crippen LogP contribution >= 0.6 is 0 Å². The zero-order valence-corrected chi connectivity index (χ0v) is 14.4. The molecule has 0 N–H and O–H groups in total. The van der Waals surface area contributed by atoms with E-state index in [0.29, 0.717) is 0 Å². The van der Waals surface area contributed by atoms with E-state index in [1.54, 1.807) is 7.39 Å². The Morgan fingerprint density at radius 3 is 1.05 bits per heavy atom. The van der Waals surface area contributed by atoms with Gasteiger partial charge in [-0.2, -0.15) is 7.39 Å². The second kappa shape index (κ2) is 5.68. The maximum absolute atomic E-state index is 2.33. The molecule has 19 heavy (non-hydrogen) atoms. The summed E-state index contributed by atoms with van der Waals surface area (Å²) in [4.78, 5) is 0. The summed E-state index contributed by atoms with van der Waals surface area (Å²) in [5.74, 6) is 0. The Kier molecular flexibility index (Phi) is 4.37. The highest BCUT2D eigenvalue weighted by Crippen LogP contribution is 2.08. The highest BCUT2D eigenvalue weighted by atomic mass is 24.5. The molecular formula is C18H22Mg. The molecule has 0 nitrogen and oxygen atoms in total. The van der Waals surface area contributed by atoms with Gasteiger partial charge in [0.2, 0.25) is 0 Å². The second-order valence-electron chi connectivity index (χ2n) is 5.93. The lowest BCUT2D eigenvalue weighted by molar-refractivity contribution is 1.34. The topological polar surface area (TPSA) is 0 Å². The van der Waals surface area contributed by atoms with Crippen molar-refractivity contribution in [1.29, 1.82) is 0 Å². The third kappa shape index (κ3) is 3.21. The molecule has 0 aliphatic rings. The average molecular weight is 263 g/mol. The fourth-order valence-electron chi connectivity index (χ4n) is 3.15. The van der Waals surface area contributed by atoms with Crippen molar-refractivity contribution in [3.05, 3.63) is 57.6 Å². The Balaban J connectivity index is 2.48. The highest BCUT2D eigenvalue weighted by molar-refractivity contribution is 6.69. The van der Waals surface area contributed by atoms with Crippen LogP contribution in [0.3, 0.4) is 0 Å². The number of rotatable bonds is 2. The van der Waals surface area contributed by atoms with Gasteiger partial charge >= 0.3 is 20.4 Å². The monoisotopic (exact) mass is 262 g/mol. The quantitative estimate of drug-likeness (QED) is 0.729. The predicted octanol–water partition coefficient (Wildman–Crippen LogP) is 3.19. The summed E-state index contributed by atoms with van der Waals surface area (Å²) in [6.45, 7) is 13.4. The third-order valence-electron chi connectivity index (χ3n) is 4.03. The van der Waals surface area contributed by atoms with Crippen LogP contribution < -0.4 is 7.39 Å². The fourth-order valence-corrected chi connectivity index (χ4v) is 5.03. The smallest absolute Gasteiger partial charge is 0.159 e. The van der Waals surface area contributed by atoms with Gasteiger partial charge in [0.05, 0.1) is 0 Å². The Bertz CT molecular complexity index is 522. The van der Waals surface area contributed by atoms with Crippen molar-refractivity contribution in [1.82, 2.24) is 0 Å². The number of hydrogen-bond donors (Lipinski definition) is 0. The van der Waals surface area contributed by atoms with E-state index in [2.05, 4.69) is 65.8 Å². The van der Waals surface area contributed by atoms with Crippen LogP contribution in [0, 0.1) is 41.5 Å². The number of aryl methyl sites for hydroxylation is 6. The molecule has 2 rings (SSSR count). The minimum atomic E-state index is -0.382. The Morgan fingerprint density at radius 2 is 0.789 bits per heavy atom. The van der Waals surface area contributed by atoms with E-state index in [1.165, 1.54) is 33.4 Å². The van der Waals surface area contributed by atoms with E-state index >= 15 is 0 Å². The van der Waals surface area contributed by atoms with Crippen LogP contribution in [0.25, 0.3) is 0 Å². The zero-order chi connectivity index (χ0) is 14.2. The fraction of sp³-hybridized carbons (Fsp3) is 0.333. The highest BCUT2D eigenvalue weighted by Gasteiger charge is 2.13. The molecular weight excluding hydrogens is 241 g/mol. The molecule has 0 radical (unpaired) electrons. The molecule has 2 aromatic carbocycles. The Labute approximate surface area is 127 Å². The van der Waals surface area contributed by atoms with E-state index < -0.39 is 0 Å². The molecule has 0 fully saturated rings. The first-order chi connectivity index (χ1) is 8.88. The van der Waals surface area contributed by atoms with Crippen molar-refractivity contribution in [2.45, 2.75) is 41.5 Å². The normalized spacial score (nSPS) is 10.4. The molecule has 0 amide bonds. The second-order valence-corrected chi connectivity index (χ2v) is 7.70. The molecule has 96 valence electrons. The zero-order valence-electron chi connectivity index (χ0n) is 13.0. The lowest BCUT2D eigenvalue weighted by Crippen LogP contribution is -2.34. The van der Waals surface area contributed by atoms with Gasteiger partial charge in [0.15, 0.2) is 0 Å². The summed E-state index contributed by atoms with van der Waals surface area (Å²) in [5, 5.41) is 0. The van der Waals surface area contributed by atoms with Crippen molar-refractivity contribution in [3.63, 3.8) is 0 Å². The van der Waals surface area contributed by atoms with Crippen LogP contribution in [0.15, 0.2) is 24.3 Å². The van der Waals surface area contributed by atoms with Gasteiger partial charge in [0.1, 0.15) is 0 Å². The molecule has 0 saturated heterocycles. The SMILES string of the molecule is Cc1cc(C)[c]([Mg][c]2c(C)cc(C)cc2C)c(C)c1. The lowest BCUT2D eigenvalue weighted by atomic mass is 10.1. The molecule has 0 unspecified atom stereocenters. The maximum atomic E-state index is 2.33. The van der Waals surface area contributed by atoms with E-state index in [4.69, 9.17) is 0 Å². The van der Waals surface area contributed by atoms with Crippen LogP contribution in [-0.4, -0.2) is 20.4 Å². The Hall–Kier alpha value is -0.794. The van der Waals surface area contributed by atoms with Crippen LogP contribution in [-0.2, 0) is 0 Å². The Morgan fingerprint density at radius 1 is 0.526 bits per heavy atom. The van der Waals surface area contributed by atoms with Gasteiger partial charge in [-0.15, -0.1) is 0 Å². The van der Waals surface area contributed by atoms with Gasteiger partial charge in [-0.3, -0.25) is 0 Å². The van der Waals surface area contributed by atoms with Gasteiger partial charge in [-0.25, -0.2) is 0 Å². The molecule has 0 aromatic heterocycles. The van der Waals surface area contributed by atoms with E-state index in [0.717, 1.165) is 0 Å². The summed E-state index contributed by atoms with van der Waals surface area (Å²) in [6, 6.07) is 9.31. The van der Waals surface area contributed by atoms with Gasteiger partial charge in [0.25, 0.3) is 0 Å². The molecule has 0 spiro atoms. The minimum absolute atomic E-state index is 0.382. The van der Waals surface area contributed by atoms with Crippen LogP contribution in [0.2, 0.25) is 0 Å². The standard InChI is InChI=1S/2C9H11.Mg/c2*1-7-4-8(2)6-9(3)5-7;/h2*4-5H,1-3H3;. The molecule has 0 bridgehead atoms. The largest absolute Gasteiger partial charge is 0.452 e. The third-order valence-corrected chi connectivity index (χ3v) is 6.97. The minimum Gasteiger partial charge on any atom is -0.159 e. The molecule has 1 heteroatoms. The summed E-state index contributed by atoms with van der Waals surface area (Å²) >= 11 is -0.382. The molecule has 0 saturated carbocycles. The van der Waals surface area contributed by atoms with Crippen molar-refractivity contribution < 1.29 is 0 Å². The van der Waals surface area contributed by atoms with E-state index in [9.17, 15) is 0 Å². The summed E-state index contributed by atoms with van der Waals surface area (Å²) in [5.41, 5.74) is 8.66. The van der Waals surface area contributed by atoms with Crippen molar-refractivity contribution in [2.24, 2.45) is 0 Å². The summed E-state index contributed by atoms with van der Waals surface area (Å²) in [6.07, 6.45) is 0. The van der Waals surface area contributed by atoms with Gasteiger partial charge in [-0.1, -0.05) is 57.6 Å². The predicted molar refractivity (Wildman–Crippen MR) is 86.3 cm³/mol. The maximum Gasteiger partial charge on any atom is 0.452 e. The molecule has 0 heterocycles. The van der Waals surface area contributed by atoms with Crippen molar-refractivity contribution in [3.8, 4) is 0 Å². The first-order valence-electron chi connectivity index (χ1n) is 7.02. The number of benzene rings is 2. The number of hydrogen-bond acceptors (Lipinski definition) is 0. The van der Waals surface area contributed by atoms with E-state index in [1.807, 2.05) is 0 Å². The van der Waals surface area contributed by atoms with Crippen LogP contribution in [0.4, 0.5) is 0 Å². The van der Waals surface area contributed by atoms with Crippen LogP contribution in [0.1, 0.15) is 33.4 Å². The van der Waals surface area contributed by atoms with Gasteiger partial charge in [0, 0.05) is 0 Å². The first-order valence-corrected chi connectivity index (χ1v) is 8.43. The van der Waals surface area contributed by atoms with Crippen molar-refractivity contribution in [2.75, 3.05) is 0 Å². The summed E-state index contributed by atoms with van der Waals surface area (Å²) < 4.78 is 3.25. The van der Waals surface area contributed by atoms with Gasteiger partial charge in [-0.05, 0) is 41.5 Å². The molecule has 0 aliphatic carbocycles. The first kappa shape index (κ1) is 14.6. The van der Waals surface area contributed by atoms with Crippen molar-refractivity contribution >= 4 is 27.8 Å². The van der Waals surface area contributed by atoms with E-state index in [-0.39, 0.29) is 20.4 Å². The average Bonchev–Trinajstić information content (AvgIpc) is 2.25. The molecule has 0 atom stereocenters. The molecule has 2 aromatic rings.